The lowest BCUT2D eigenvalue weighted by Crippen LogP contribution is -2.15. The lowest BCUT2D eigenvalue weighted by atomic mass is 10.0. The smallest absolute Gasteiger partial charge is 0.228 e. The average Bonchev–Trinajstić information content (AvgIpc) is 2.92. The van der Waals surface area contributed by atoms with Gasteiger partial charge < -0.3 is 9.73 Å². The predicted octanol–water partition coefficient (Wildman–Crippen LogP) is 5.85. The van der Waals surface area contributed by atoms with Crippen molar-refractivity contribution in [2.75, 3.05) is 5.32 Å². The second-order valence-electron chi connectivity index (χ2n) is 5.90. The van der Waals surface area contributed by atoms with Crippen LogP contribution in [0.3, 0.4) is 0 Å². The van der Waals surface area contributed by atoms with Crippen LogP contribution >= 0.6 is 23.2 Å². The maximum atomic E-state index is 12.4. The molecule has 1 N–H and O–H groups in total. The van der Waals surface area contributed by atoms with Crippen molar-refractivity contribution in [3.63, 3.8) is 0 Å². The van der Waals surface area contributed by atoms with Gasteiger partial charge in [0.2, 0.25) is 5.91 Å². The summed E-state index contributed by atoms with van der Waals surface area (Å²) in [5.74, 6) is -0.126. The van der Waals surface area contributed by atoms with Crippen LogP contribution in [0.1, 0.15) is 22.3 Å². The number of anilines is 1. The molecule has 0 saturated carbocycles. The van der Waals surface area contributed by atoms with Gasteiger partial charge in [0.25, 0.3) is 0 Å². The van der Waals surface area contributed by atoms with E-state index < -0.39 is 0 Å². The Morgan fingerprint density at radius 3 is 2.67 bits per heavy atom. The molecular formula is C19H17Cl2NO2. The molecule has 0 bridgehead atoms. The monoisotopic (exact) mass is 361 g/mol. The van der Waals surface area contributed by atoms with E-state index in [0.717, 1.165) is 33.2 Å². The molecule has 24 heavy (non-hydrogen) atoms. The zero-order valence-electron chi connectivity index (χ0n) is 13.7. The topological polar surface area (TPSA) is 42.2 Å². The summed E-state index contributed by atoms with van der Waals surface area (Å²) in [6, 6.07) is 7.33. The van der Waals surface area contributed by atoms with Crippen molar-refractivity contribution in [1.82, 2.24) is 0 Å². The Labute approximate surface area is 150 Å². The lowest BCUT2D eigenvalue weighted by Gasteiger charge is -2.10. The van der Waals surface area contributed by atoms with Crippen molar-refractivity contribution < 1.29 is 9.21 Å². The number of nitrogens with one attached hydrogen (secondary N) is 1. The van der Waals surface area contributed by atoms with Crippen LogP contribution in [-0.2, 0) is 11.2 Å². The highest BCUT2D eigenvalue weighted by Crippen LogP contribution is 2.33. The van der Waals surface area contributed by atoms with Crippen LogP contribution in [0.15, 0.2) is 34.9 Å². The van der Waals surface area contributed by atoms with Crippen molar-refractivity contribution >= 4 is 45.8 Å². The molecule has 0 fully saturated rings. The molecule has 0 aliphatic heterocycles. The molecule has 1 amide bonds. The van der Waals surface area contributed by atoms with Crippen molar-refractivity contribution in [2.45, 2.75) is 27.2 Å². The first-order chi connectivity index (χ1) is 11.4. The summed E-state index contributed by atoms with van der Waals surface area (Å²) in [4.78, 5) is 12.4. The fourth-order valence-electron chi connectivity index (χ4n) is 2.85. The van der Waals surface area contributed by atoms with Gasteiger partial charge in [-0.05, 0) is 55.7 Å². The van der Waals surface area contributed by atoms with E-state index in [-0.39, 0.29) is 12.3 Å². The number of hydrogen-bond donors (Lipinski definition) is 1. The molecule has 0 aliphatic rings. The van der Waals surface area contributed by atoms with E-state index in [0.29, 0.717) is 15.7 Å². The third-order valence-corrected chi connectivity index (χ3v) is 5.18. The van der Waals surface area contributed by atoms with Crippen molar-refractivity contribution in [3.05, 3.63) is 62.8 Å². The molecule has 0 aliphatic carbocycles. The molecule has 3 rings (SSSR count). The summed E-state index contributed by atoms with van der Waals surface area (Å²) in [5.41, 5.74) is 5.02. The van der Waals surface area contributed by atoms with Crippen LogP contribution in [0.4, 0.5) is 5.69 Å². The van der Waals surface area contributed by atoms with Gasteiger partial charge in [-0.1, -0.05) is 29.3 Å². The molecule has 5 heteroatoms. The van der Waals surface area contributed by atoms with Gasteiger partial charge in [-0.25, -0.2) is 0 Å². The first-order valence-electron chi connectivity index (χ1n) is 7.59. The second kappa shape index (κ2) is 6.50. The maximum Gasteiger partial charge on any atom is 0.228 e. The van der Waals surface area contributed by atoms with Gasteiger partial charge in [0.15, 0.2) is 0 Å². The first-order valence-corrected chi connectivity index (χ1v) is 8.34. The minimum atomic E-state index is -0.126. The minimum absolute atomic E-state index is 0.126. The number of aryl methyl sites for hydroxylation is 2. The highest BCUT2D eigenvalue weighted by Gasteiger charge is 2.16. The van der Waals surface area contributed by atoms with Crippen molar-refractivity contribution in [1.29, 1.82) is 0 Å². The van der Waals surface area contributed by atoms with Gasteiger partial charge in [-0.2, -0.15) is 0 Å². The Hall–Kier alpha value is -1.97. The van der Waals surface area contributed by atoms with Crippen LogP contribution < -0.4 is 5.32 Å². The van der Waals surface area contributed by atoms with Gasteiger partial charge >= 0.3 is 0 Å². The van der Waals surface area contributed by atoms with E-state index in [4.69, 9.17) is 27.6 Å². The van der Waals surface area contributed by atoms with Crippen molar-refractivity contribution in [3.8, 4) is 0 Å². The first kappa shape index (κ1) is 16.9. The standard InChI is InChI=1S/C19H17Cl2NO2/c1-10-7-16-18(12(3)19(10)21)13(9-24-16)8-17(23)22-15-6-4-5-14(20)11(15)2/h4-7,9H,8H2,1-3H3,(H,22,23). The zero-order chi connectivity index (χ0) is 17.4. The highest BCUT2D eigenvalue weighted by molar-refractivity contribution is 6.33. The Bertz CT molecular complexity index is 944. The third kappa shape index (κ3) is 3.02. The van der Waals surface area contributed by atoms with Gasteiger partial charge in [0.05, 0.1) is 12.7 Å². The van der Waals surface area contributed by atoms with E-state index in [1.165, 1.54) is 0 Å². The van der Waals surface area contributed by atoms with Crippen molar-refractivity contribution in [2.24, 2.45) is 0 Å². The molecule has 2 aromatic carbocycles. The molecule has 3 nitrogen and oxygen atoms in total. The molecule has 0 radical (unpaired) electrons. The predicted molar refractivity (Wildman–Crippen MR) is 99.2 cm³/mol. The normalized spacial score (nSPS) is 11.0. The average molecular weight is 362 g/mol. The molecule has 1 aromatic heterocycles. The molecular weight excluding hydrogens is 345 g/mol. The van der Waals surface area contributed by atoms with E-state index in [1.807, 2.05) is 39.0 Å². The number of halogens is 2. The Balaban J connectivity index is 1.89. The summed E-state index contributed by atoms with van der Waals surface area (Å²) in [6.45, 7) is 5.75. The SMILES string of the molecule is Cc1cc2occ(CC(=O)Nc3cccc(Cl)c3C)c2c(C)c1Cl. The van der Waals surface area contributed by atoms with Crippen LogP contribution in [0.5, 0.6) is 0 Å². The van der Waals surface area contributed by atoms with Gasteiger partial charge in [-0.3, -0.25) is 4.79 Å². The Morgan fingerprint density at radius 1 is 1.17 bits per heavy atom. The minimum Gasteiger partial charge on any atom is -0.464 e. The van der Waals surface area contributed by atoms with E-state index >= 15 is 0 Å². The molecule has 1 heterocycles. The molecule has 0 atom stereocenters. The number of amides is 1. The second-order valence-corrected chi connectivity index (χ2v) is 6.69. The summed E-state index contributed by atoms with van der Waals surface area (Å²) < 4.78 is 5.60. The Kier molecular flexibility index (Phi) is 4.57. The molecule has 124 valence electrons. The third-order valence-electron chi connectivity index (χ3n) is 4.19. The fourth-order valence-corrected chi connectivity index (χ4v) is 3.17. The summed E-state index contributed by atoms with van der Waals surface area (Å²) >= 11 is 12.4. The van der Waals surface area contributed by atoms with Crippen LogP contribution in [0, 0.1) is 20.8 Å². The van der Waals surface area contributed by atoms with Gasteiger partial charge in [0.1, 0.15) is 5.58 Å². The number of fused-ring (bicyclic) bond motifs is 1. The van der Waals surface area contributed by atoms with E-state index in [2.05, 4.69) is 5.32 Å². The quantitative estimate of drug-likeness (QED) is 0.635. The summed E-state index contributed by atoms with van der Waals surface area (Å²) in [7, 11) is 0. The fraction of sp³-hybridized carbons (Fsp3) is 0.211. The Morgan fingerprint density at radius 2 is 1.92 bits per heavy atom. The van der Waals surface area contributed by atoms with Crippen LogP contribution in [0.25, 0.3) is 11.0 Å². The number of carbonyl (C=O) groups excluding carboxylic acids is 1. The number of benzene rings is 2. The molecule has 0 saturated heterocycles. The number of hydrogen-bond acceptors (Lipinski definition) is 2. The largest absolute Gasteiger partial charge is 0.464 e. The van der Waals surface area contributed by atoms with Crippen LogP contribution in [-0.4, -0.2) is 5.91 Å². The number of furan rings is 1. The molecule has 0 spiro atoms. The van der Waals surface area contributed by atoms with E-state index in [9.17, 15) is 4.79 Å². The zero-order valence-corrected chi connectivity index (χ0v) is 15.2. The highest BCUT2D eigenvalue weighted by atomic mass is 35.5. The van der Waals surface area contributed by atoms with E-state index in [1.54, 1.807) is 12.3 Å². The van der Waals surface area contributed by atoms with Gasteiger partial charge in [-0.15, -0.1) is 0 Å². The number of rotatable bonds is 3. The molecule has 3 aromatic rings. The lowest BCUT2D eigenvalue weighted by molar-refractivity contribution is -0.115. The summed E-state index contributed by atoms with van der Waals surface area (Å²) in [6.07, 6.45) is 1.83. The maximum absolute atomic E-state index is 12.4. The number of carbonyl (C=O) groups is 1. The van der Waals surface area contributed by atoms with Crippen LogP contribution in [0.2, 0.25) is 10.0 Å². The summed E-state index contributed by atoms with van der Waals surface area (Å²) in [5, 5.41) is 5.14. The van der Waals surface area contributed by atoms with Gasteiger partial charge in [0, 0.05) is 26.7 Å². The molecule has 0 unspecified atom stereocenters.